The first-order chi connectivity index (χ1) is 12.8. The lowest BCUT2D eigenvalue weighted by molar-refractivity contribution is 0.246. The zero-order chi connectivity index (χ0) is 20.2. The molecule has 1 heterocycles. The smallest absolute Gasteiger partial charge is 0.161 e. The van der Waals surface area contributed by atoms with Crippen molar-refractivity contribution >= 4 is 10.3 Å². The molecule has 0 bridgehead atoms. The molecule has 2 atom stereocenters. The summed E-state index contributed by atoms with van der Waals surface area (Å²) in [7, 11) is 4.61. The molecule has 3 rings (SSSR count). The molecule has 1 aromatic carbocycles. The second-order valence-electron chi connectivity index (χ2n) is 7.84. The Kier molecular flexibility index (Phi) is 7.14. The highest BCUT2D eigenvalue weighted by Crippen LogP contribution is 2.51. The van der Waals surface area contributed by atoms with Gasteiger partial charge in [-0.25, -0.2) is 0 Å². The first kappa shape index (κ1) is 22.0. The molecule has 2 aliphatic rings. The Morgan fingerprint density at radius 3 is 2.30 bits per heavy atom. The Morgan fingerprint density at radius 2 is 1.70 bits per heavy atom. The van der Waals surface area contributed by atoms with Gasteiger partial charge in [-0.15, -0.1) is 10.3 Å². The number of fused-ring (bicyclic) bond motifs is 1. The lowest BCUT2D eigenvalue weighted by atomic mass is 9.68. The van der Waals surface area contributed by atoms with E-state index in [1.165, 1.54) is 5.56 Å². The highest BCUT2D eigenvalue weighted by molar-refractivity contribution is 8.28. The van der Waals surface area contributed by atoms with E-state index in [4.69, 9.17) is 13.7 Å². The van der Waals surface area contributed by atoms with E-state index in [9.17, 15) is 0 Å². The average Bonchev–Trinajstić information content (AvgIpc) is 2.99. The highest BCUT2D eigenvalue weighted by Gasteiger charge is 2.48. The fourth-order valence-corrected chi connectivity index (χ4v) is 5.03. The molecule has 1 fully saturated rings. The number of ether oxygens (including phenoxy) is 2. The van der Waals surface area contributed by atoms with Gasteiger partial charge >= 0.3 is 0 Å². The second-order valence-corrected chi connectivity index (χ2v) is 11.5. The summed E-state index contributed by atoms with van der Waals surface area (Å²) in [4.78, 5) is 2.46. The summed E-state index contributed by atoms with van der Waals surface area (Å²) in [5.41, 5.74) is 1.48. The number of likely N-dealkylation sites (N-methyl/N-ethyl adjacent to an activating group) is 1. The third-order valence-corrected chi connectivity index (χ3v) is 6.14. The highest BCUT2D eigenvalue weighted by atomic mass is 32.3. The maximum absolute atomic E-state index is 6.27. The Labute approximate surface area is 167 Å². The molecule has 4 nitrogen and oxygen atoms in total. The predicted molar refractivity (Wildman–Crippen MR) is 117 cm³/mol. The monoisotopic (exact) mass is 395 g/mol. The summed E-state index contributed by atoms with van der Waals surface area (Å²) < 4.78 is 17.2. The lowest BCUT2D eigenvalue weighted by Crippen LogP contribution is -2.42. The molecule has 5 heteroatoms. The molecular weight excluding hydrogens is 358 g/mol. The van der Waals surface area contributed by atoms with Crippen molar-refractivity contribution in [2.24, 2.45) is 0 Å². The summed E-state index contributed by atoms with van der Waals surface area (Å²) >= 11 is 0. The maximum atomic E-state index is 6.27. The molecule has 1 saturated heterocycles. The largest absolute Gasteiger partial charge is 0.493 e. The Hall–Kier alpha value is -1.33. The number of allylic oxidation sites excluding steroid dienone is 1. The Bertz CT molecular complexity index is 668. The number of hydrogen-bond donors (Lipinski definition) is 0. The quantitative estimate of drug-likeness (QED) is 0.704. The van der Waals surface area contributed by atoms with E-state index in [0.717, 1.165) is 43.1 Å². The predicted octanol–water partition coefficient (Wildman–Crippen LogP) is 4.98. The van der Waals surface area contributed by atoms with Gasteiger partial charge in [0.05, 0.1) is 14.2 Å². The van der Waals surface area contributed by atoms with E-state index in [1.807, 2.05) is 19.9 Å². The van der Waals surface area contributed by atoms with Crippen molar-refractivity contribution in [3.63, 3.8) is 0 Å². The van der Waals surface area contributed by atoms with Gasteiger partial charge in [0.15, 0.2) is 11.5 Å². The van der Waals surface area contributed by atoms with E-state index in [0.29, 0.717) is 6.04 Å². The average molecular weight is 396 g/mol. The van der Waals surface area contributed by atoms with Crippen LogP contribution in [0, 0.1) is 0 Å². The third-order valence-electron chi connectivity index (χ3n) is 5.43. The molecule has 0 amide bonds. The normalized spacial score (nSPS) is 25.6. The van der Waals surface area contributed by atoms with E-state index >= 15 is 0 Å². The van der Waals surface area contributed by atoms with Crippen molar-refractivity contribution in [2.45, 2.75) is 44.6 Å². The van der Waals surface area contributed by atoms with Gasteiger partial charge in [-0.2, -0.15) is 0 Å². The van der Waals surface area contributed by atoms with E-state index in [2.05, 4.69) is 48.9 Å². The summed E-state index contributed by atoms with van der Waals surface area (Å²) in [5.74, 6) is 2.77. The van der Waals surface area contributed by atoms with Crippen molar-refractivity contribution in [3.05, 3.63) is 35.6 Å². The molecule has 27 heavy (non-hydrogen) atoms. The molecule has 0 spiro atoms. The number of hydrogen-bond acceptors (Lipinski definition) is 4. The number of nitrogens with zero attached hydrogens (tertiary/aromatic N) is 1. The van der Waals surface area contributed by atoms with E-state index < -0.39 is 10.3 Å². The molecule has 0 aromatic heterocycles. The van der Waals surface area contributed by atoms with Crippen LogP contribution in [-0.2, 0) is 9.60 Å². The fourth-order valence-electron chi connectivity index (χ4n) is 4.25. The fraction of sp³-hybridized carbons (Fsp3) is 0.636. The van der Waals surface area contributed by atoms with Crippen molar-refractivity contribution in [1.82, 2.24) is 4.90 Å². The van der Waals surface area contributed by atoms with E-state index in [1.54, 1.807) is 14.2 Å². The molecule has 1 aromatic rings. The van der Waals surface area contributed by atoms with Crippen LogP contribution in [0.2, 0.25) is 0 Å². The summed E-state index contributed by atoms with van der Waals surface area (Å²) in [6, 6.07) is 6.78. The minimum Gasteiger partial charge on any atom is -0.493 e. The topological polar surface area (TPSA) is 30.9 Å². The molecule has 2 unspecified atom stereocenters. The molecule has 154 valence electrons. The van der Waals surface area contributed by atoms with Gasteiger partial charge in [-0.3, -0.25) is 4.90 Å². The van der Waals surface area contributed by atoms with Crippen molar-refractivity contribution in [3.8, 4) is 11.5 Å². The third kappa shape index (κ3) is 4.57. The first-order valence-electron chi connectivity index (χ1n) is 9.80. The van der Waals surface area contributed by atoms with Crippen LogP contribution >= 0.6 is 10.3 Å². The molecule has 1 aliphatic heterocycles. The maximum Gasteiger partial charge on any atom is 0.161 e. The van der Waals surface area contributed by atoms with Gasteiger partial charge in [-0.05, 0) is 69.0 Å². The summed E-state index contributed by atoms with van der Waals surface area (Å²) in [5, 5.41) is 0. The standard InChI is InChI=1S/C20H31NO3S.C2H6/c1-21-12-11-20(15-7-8-17(22-2)18(13-15)23-3)10-9-16(14-19(20)21)24-25(4,5)6;1-2/h7-8,13-14,19H,9-12H2,1-6H3;1-2H3. The molecule has 1 aliphatic carbocycles. The molecule has 0 saturated carbocycles. The van der Waals surface area contributed by atoms with E-state index in [-0.39, 0.29) is 5.41 Å². The number of methoxy groups -OCH3 is 2. The van der Waals surface area contributed by atoms with Crippen LogP contribution in [0.5, 0.6) is 11.5 Å². The van der Waals surface area contributed by atoms with Crippen LogP contribution in [0.4, 0.5) is 0 Å². The van der Waals surface area contributed by atoms with Gasteiger partial charge in [0.1, 0.15) is 5.76 Å². The molecular formula is C22H37NO3S. The lowest BCUT2D eigenvalue weighted by Gasteiger charge is -2.41. The van der Waals surface area contributed by atoms with Crippen LogP contribution in [0.15, 0.2) is 30.0 Å². The minimum atomic E-state index is -0.997. The minimum absolute atomic E-state index is 0.133. The van der Waals surface area contributed by atoms with Crippen LogP contribution in [-0.4, -0.2) is 57.5 Å². The number of benzene rings is 1. The van der Waals surface area contributed by atoms with Gasteiger partial charge < -0.3 is 13.7 Å². The van der Waals surface area contributed by atoms with Crippen LogP contribution in [0.25, 0.3) is 0 Å². The van der Waals surface area contributed by atoms with Crippen molar-refractivity contribution < 1.29 is 13.7 Å². The van der Waals surface area contributed by atoms with Crippen LogP contribution in [0.1, 0.15) is 38.7 Å². The number of likely N-dealkylation sites (tertiary alicyclic amines) is 1. The van der Waals surface area contributed by atoms with Crippen LogP contribution in [0.3, 0.4) is 0 Å². The zero-order valence-electron chi connectivity index (χ0n) is 18.3. The molecule has 0 radical (unpaired) electrons. The Morgan fingerprint density at radius 1 is 1.04 bits per heavy atom. The van der Waals surface area contributed by atoms with Crippen molar-refractivity contribution in [2.75, 3.05) is 46.6 Å². The summed E-state index contributed by atoms with van der Waals surface area (Å²) in [6.07, 6.45) is 12.2. The SMILES string of the molecule is CC.COc1ccc(C23CCC(OS(C)(C)C)=CC2N(C)CC3)cc1OC. The van der Waals surface area contributed by atoms with Gasteiger partial charge in [0.2, 0.25) is 0 Å². The second kappa shape index (κ2) is 8.78. The van der Waals surface area contributed by atoms with Gasteiger partial charge in [0.25, 0.3) is 0 Å². The van der Waals surface area contributed by atoms with Gasteiger partial charge in [-0.1, -0.05) is 19.9 Å². The first-order valence-corrected chi connectivity index (χ1v) is 12.6. The van der Waals surface area contributed by atoms with Crippen molar-refractivity contribution in [1.29, 1.82) is 0 Å². The van der Waals surface area contributed by atoms with Crippen LogP contribution < -0.4 is 9.47 Å². The summed E-state index contributed by atoms with van der Waals surface area (Å²) in [6.45, 7) is 5.10. The Balaban J connectivity index is 0.00000126. The number of rotatable bonds is 5. The zero-order valence-corrected chi connectivity index (χ0v) is 19.1. The van der Waals surface area contributed by atoms with Gasteiger partial charge in [0, 0.05) is 17.9 Å². The molecule has 0 N–H and O–H groups in total.